The van der Waals surface area contributed by atoms with E-state index in [4.69, 9.17) is 11.6 Å². The Morgan fingerprint density at radius 2 is 1.71 bits per heavy atom. The monoisotopic (exact) mass is 458 g/mol. The molecule has 0 bridgehead atoms. The first-order chi connectivity index (χ1) is 14.9. The second-order valence-electron chi connectivity index (χ2n) is 7.51. The summed E-state index contributed by atoms with van der Waals surface area (Å²) in [4.78, 5) is 12.9. The van der Waals surface area contributed by atoms with Crippen molar-refractivity contribution in [2.75, 3.05) is 18.4 Å². The number of nitrogens with zero attached hydrogens (tertiary/aromatic N) is 3. The summed E-state index contributed by atoms with van der Waals surface area (Å²) >= 11 is 5.85. The maximum Gasteiger partial charge on any atom is 0.243 e. The van der Waals surface area contributed by atoms with E-state index in [2.05, 4.69) is 10.4 Å². The third-order valence-corrected chi connectivity index (χ3v) is 7.52. The lowest BCUT2D eigenvalue weighted by Crippen LogP contribution is -2.41. The third kappa shape index (κ3) is 5.15. The minimum Gasteiger partial charge on any atom is -0.309 e. The highest BCUT2D eigenvalue weighted by Crippen LogP contribution is 2.25. The summed E-state index contributed by atoms with van der Waals surface area (Å²) < 4.78 is 28.8. The number of benzene rings is 2. The van der Waals surface area contributed by atoms with Crippen molar-refractivity contribution in [3.8, 4) is 0 Å². The molecule has 0 radical (unpaired) electrons. The fourth-order valence-corrected chi connectivity index (χ4v) is 5.22. The summed E-state index contributed by atoms with van der Waals surface area (Å²) in [7, 11) is -3.59. The van der Waals surface area contributed by atoms with Crippen LogP contribution in [0.4, 0.5) is 5.82 Å². The molecule has 0 spiro atoms. The number of halogens is 1. The number of hydrogen-bond acceptors (Lipinski definition) is 4. The number of carbonyl (C=O) groups is 1. The van der Waals surface area contributed by atoms with Gasteiger partial charge in [-0.25, -0.2) is 8.42 Å². The van der Waals surface area contributed by atoms with E-state index in [0.29, 0.717) is 43.3 Å². The number of amides is 1. The first-order valence-corrected chi connectivity index (χ1v) is 11.9. The highest BCUT2D eigenvalue weighted by atomic mass is 35.5. The first-order valence-electron chi connectivity index (χ1n) is 10.1. The summed E-state index contributed by atoms with van der Waals surface area (Å²) in [5.41, 5.74) is 1.12. The average molecular weight is 459 g/mol. The first kappa shape index (κ1) is 21.5. The fraction of sp³-hybridized carbons (Fsp3) is 0.273. The lowest BCUT2D eigenvalue weighted by Gasteiger charge is -2.30. The van der Waals surface area contributed by atoms with Crippen molar-refractivity contribution in [3.05, 3.63) is 77.4 Å². The lowest BCUT2D eigenvalue weighted by molar-refractivity contribution is -0.120. The molecule has 1 amide bonds. The Morgan fingerprint density at radius 3 is 2.39 bits per heavy atom. The van der Waals surface area contributed by atoms with Gasteiger partial charge in [0.05, 0.1) is 11.4 Å². The average Bonchev–Trinajstić information content (AvgIpc) is 3.21. The van der Waals surface area contributed by atoms with Gasteiger partial charge in [-0.1, -0.05) is 41.9 Å². The number of hydrogen-bond donors (Lipinski definition) is 1. The van der Waals surface area contributed by atoms with E-state index >= 15 is 0 Å². The number of piperidine rings is 1. The zero-order valence-corrected chi connectivity index (χ0v) is 18.4. The highest BCUT2D eigenvalue weighted by Gasteiger charge is 2.32. The molecule has 1 aliphatic rings. The molecule has 1 saturated heterocycles. The Balaban J connectivity index is 1.32. The second-order valence-corrected chi connectivity index (χ2v) is 9.88. The number of anilines is 1. The molecule has 4 rings (SSSR count). The molecule has 1 fully saturated rings. The molecular weight excluding hydrogens is 436 g/mol. The zero-order chi connectivity index (χ0) is 21.8. The largest absolute Gasteiger partial charge is 0.309 e. The molecule has 0 unspecified atom stereocenters. The van der Waals surface area contributed by atoms with Gasteiger partial charge in [0.2, 0.25) is 15.9 Å². The highest BCUT2D eigenvalue weighted by molar-refractivity contribution is 7.89. The summed E-state index contributed by atoms with van der Waals surface area (Å²) in [6.07, 6.45) is 2.75. The van der Waals surface area contributed by atoms with Crippen molar-refractivity contribution in [2.24, 2.45) is 5.92 Å². The quantitative estimate of drug-likeness (QED) is 0.611. The molecule has 0 saturated carbocycles. The maximum atomic E-state index is 12.8. The molecule has 7 nitrogen and oxygen atoms in total. The van der Waals surface area contributed by atoms with Crippen molar-refractivity contribution < 1.29 is 13.2 Å². The zero-order valence-electron chi connectivity index (χ0n) is 16.8. The van der Waals surface area contributed by atoms with Crippen LogP contribution in [-0.4, -0.2) is 41.5 Å². The predicted molar refractivity (Wildman–Crippen MR) is 119 cm³/mol. The summed E-state index contributed by atoms with van der Waals surface area (Å²) in [6, 6.07) is 17.8. The van der Waals surface area contributed by atoms with Gasteiger partial charge in [0.25, 0.3) is 0 Å². The number of carbonyl (C=O) groups excluding carboxylic acids is 1. The summed E-state index contributed by atoms with van der Waals surface area (Å²) in [5, 5.41) is 7.75. The van der Waals surface area contributed by atoms with Gasteiger partial charge in [-0.3, -0.25) is 9.48 Å². The van der Waals surface area contributed by atoms with Gasteiger partial charge in [0, 0.05) is 36.3 Å². The van der Waals surface area contributed by atoms with Gasteiger partial charge >= 0.3 is 0 Å². The Hall–Kier alpha value is -2.68. The summed E-state index contributed by atoms with van der Waals surface area (Å²) in [5.74, 6) is 0.113. The predicted octanol–water partition coefficient (Wildman–Crippen LogP) is 3.62. The second kappa shape index (κ2) is 9.21. The van der Waals surface area contributed by atoms with Crippen molar-refractivity contribution in [3.63, 3.8) is 0 Å². The molecule has 31 heavy (non-hydrogen) atoms. The minimum atomic E-state index is -3.59. The maximum absolute atomic E-state index is 12.8. The molecule has 1 aromatic heterocycles. The Labute approximate surface area is 186 Å². The van der Waals surface area contributed by atoms with E-state index in [0.717, 1.165) is 5.56 Å². The molecule has 0 aliphatic carbocycles. The molecule has 9 heteroatoms. The van der Waals surface area contributed by atoms with Gasteiger partial charge in [0.1, 0.15) is 0 Å². The number of nitrogens with one attached hydrogen (secondary N) is 1. The number of aromatic nitrogens is 2. The SMILES string of the molecule is O=C(Nc1ccn(Cc2ccccc2)n1)C1CCN(S(=O)(=O)c2ccc(Cl)cc2)CC1. The van der Waals surface area contributed by atoms with Crippen LogP contribution >= 0.6 is 11.6 Å². The van der Waals surface area contributed by atoms with E-state index in [1.165, 1.54) is 16.4 Å². The van der Waals surface area contributed by atoms with Gasteiger partial charge in [0.15, 0.2) is 5.82 Å². The van der Waals surface area contributed by atoms with Crippen LogP contribution in [0, 0.1) is 5.92 Å². The van der Waals surface area contributed by atoms with Crippen LogP contribution < -0.4 is 5.32 Å². The van der Waals surface area contributed by atoms with E-state index in [1.54, 1.807) is 22.9 Å². The van der Waals surface area contributed by atoms with Gasteiger partial charge < -0.3 is 5.32 Å². The third-order valence-electron chi connectivity index (χ3n) is 5.36. The van der Waals surface area contributed by atoms with Crippen LogP contribution in [0.25, 0.3) is 0 Å². The normalized spacial score (nSPS) is 15.6. The lowest BCUT2D eigenvalue weighted by atomic mass is 9.97. The van der Waals surface area contributed by atoms with Crippen LogP contribution in [0.1, 0.15) is 18.4 Å². The molecule has 1 N–H and O–H groups in total. The molecule has 1 aliphatic heterocycles. The van der Waals surface area contributed by atoms with E-state index < -0.39 is 10.0 Å². The molecule has 2 heterocycles. The Kier molecular flexibility index (Phi) is 6.41. The molecule has 162 valence electrons. The van der Waals surface area contributed by atoms with Gasteiger partial charge in [-0.05, 0) is 42.7 Å². The van der Waals surface area contributed by atoms with Crippen molar-refractivity contribution in [1.82, 2.24) is 14.1 Å². The van der Waals surface area contributed by atoms with Crippen LogP contribution in [0.3, 0.4) is 0 Å². The molecule has 2 aromatic carbocycles. The van der Waals surface area contributed by atoms with Crippen LogP contribution in [-0.2, 0) is 21.4 Å². The molecule has 0 atom stereocenters. The van der Waals surface area contributed by atoms with E-state index in [9.17, 15) is 13.2 Å². The number of sulfonamides is 1. The van der Waals surface area contributed by atoms with Crippen LogP contribution in [0.2, 0.25) is 5.02 Å². The standard InChI is InChI=1S/C22H23ClN4O3S/c23-19-6-8-20(9-7-19)31(29,30)27-14-10-18(11-15-27)22(28)24-21-12-13-26(25-21)16-17-4-2-1-3-5-17/h1-9,12-13,18H,10-11,14-16H2,(H,24,25,28). The molecule has 3 aromatic rings. The van der Waals surface area contributed by atoms with Crippen LogP contribution in [0.5, 0.6) is 0 Å². The fourth-order valence-electron chi connectivity index (χ4n) is 3.63. The summed E-state index contributed by atoms with van der Waals surface area (Å²) in [6.45, 7) is 1.22. The minimum absolute atomic E-state index is 0.131. The van der Waals surface area contributed by atoms with Gasteiger partial charge in [-0.2, -0.15) is 9.40 Å². The van der Waals surface area contributed by atoms with Crippen LogP contribution in [0.15, 0.2) is 71.8 Å². The van der Waals surface area contributed by atoms with Crippen molar-refractivity contribution >= 4 is 33.3 Å². The molecular formula is C22H23ClN4O3S. The van der Waals surface area contributed by atoms with Crippen molar-refractivity contribution in [2.45, 2.75) is 24.3 Å². The topological polar surface area (TPSA) is 84.3 Å². The Bertz CT molecular complexity index is 1140. The van der Waals surface area contributed by atoms with Crippen molar-refractivity contribution in [1.29, 1.82) is 0 Å². The van der Waals surface area contributed by atoms with E-state index in [1.807, 2.05) is 36.5 Å². The smallest absolute Gasteiger partial charge is 0.243 e. The van der Waals surface area contributed by atoms with Gasteiger partial charge in [-0.15, -0.1) is 0 Å². The van der Waals surface area contributed by atoms with E-state index in [-0.39, 0.29) is 16.7 Å². The Morgan fingerprint density at radius 1 is 1.03 bits per heavy atom. The number of rotatable bonds is 6.